The summed E-state index contributed by atoms with van der Waals surface area (Å²) in [6.45, 7) is 5.53. The van der Waals surface area contributed by atoms with E-state index >= 15 is 0 Å². The lowest BCUT2D eigenvalue weighted by Crippen LogP contribution is -2.35. The Balaban J connectivity index is 1.84. The first-order valence-electron chi connectivity index (χ1n) is 11.4. The Bertz CT molecular complexity index is 1410. The molecule has 1 aliphatic rings. The van der Waals surface area contributed by atoms with Gasteiger partial charge < -0.3 is 9.72 Å². The summed E-state index contributed by atoms with van der Waals surface area (Å²) >= 11 is 0. The molecule has 1 aliphatic heterocycles. The molecule has 1 amide bonds. The minimum Gasteiger partial charge on any atom is -0.406 e. The van der Waals surface area contributed by atoms with E-state index in [9.17, 15) is 32.3 Å². The van der Waals surface area contributed by atoms with Crippen molar-refractivity contribution in [3.05, 3.63) is 93.4 Å². The van der Waals surface area contributed by atoms with Crippen molar-refractivity contribution in [3.8, 4) is 5.75 Å². The number of nitrogens with one attached hydrogen (secondary N) is 1. The van der Waals surface area contributed by atoms with Crippen LogP contribution >= 0.6 is 0 Å². The Labute approximate surface area is 209 Å². The molecule has 0 radical (unpaired) electrons. The molecule has 2 unspecified atom stereocenters. The molecule has 3 aromatic rings. The first kappa shape index (κ1) is 25.9. The fourth-order valence-electron chi connectivity index (χ4n) is 4.46. The van der Waals surface area contributed by atoms with Crippen LogP contribution in [0.15, 0.2) is 65.6 Å². The van der Waals surface area contributed by atoms with Gasteiger partial charge in [-0.3, -0.25) is 24.1 Å². The number of rotatable bonds is 6. The fourth-order valence-corrected chi connectivity index (χ4v) is 4.46. The maximum Gasteiger partial charge on any atom is 0.573 e. The molecule has 1 saturated heterocycles. The Hall–Kier alpha value is -4.21. The highest BCUT2D eigenvalue weighted by Crippen LogP contribution is 2.41. The van der Waals surface area contributed by atoms with Crippen molar-refractivity contribution >= 4 is 23.2 Å². The van der Waals surface area contributed by atoms with Gasteiger partial charge in [0.1, 0.15) is 17.4 Å². The summed E-state index contributed by atoms with van der Waals surface area (Å²) in [6.07, 6.45) is -3.54. The lowest BCUT2D eigenvalue weighted by atomic mass is 9.85. The SMILES string of the molecule is Cc1cc[nH]c(=O)c1N1C(=O)C(=O)C(C(=O)c2ccc(C(C)C)cc2)C1c1ccc(OC(F)(F)F)cc1. The molecule has 192 valence electrons. The largest absolute Gasteiger partial charge is 0.573 e. The Morgan fingerprint density at radius 3 is 2.14 bits per heavy atom. The van der Waals surface area contributed by atoms with Crippen molar-refractivity contribution in [1.82, 2.24) is 4.98 Å². The minimum atomic E-state index is -4.91. The zero-order valence-corrected chi connectivity index (χ0v) is 20.1. The van der Waals surface area contributed by atoms with Crippen LogP contribution in [-0.4, -0.2) is 28.8 Å². The first-order valence-corrected chi connectivity index (χ1v) is 11.4. The van der Waals surface area contributed by atoms with Crippen LogP contribution in [0.3, 0.4) is 0 Å². The van der Waals surface area contributed by atoms with Gasteiger partial charge in [0.15, 0.2) is 5.78 Å². The number of ketones is 2. The van der Waals surface area contributed by atoms with Crippen molar-refractivity contribution in [1.29, 1.82) is 0 Å². The number of benzene rings is 2. The van der Waals surface area contributed by atoms with Crippen LogP contribution in [0.5, 0.6) is 5.75 Å². The van der Waals surface area contributed by atoms with Crippen LogP contribution < -0.4 is 15.2 Å². The monoisotopic (exact) mass is 512 g/mol. The van der Waals surface area contributed by atoms with E-state index in [0.717, 1.165) is 22.6 Å². The number of Topliss-reactive ketones (excluding diaryl/α,β-unsaturated/α-hetero) is 2. The van der Waals surface area contributed by atoms with Gasteiger partial charge in [0.2, 0.25) is 5.78 Å². The fraction of sp³-hybridized carbons (Fsp3) is 0.259. The topological polar surface area (TPSA) is 96.5 Å². The first-order chi connectivity index (χ1) is 17.4. The van der Waals surface area contributed by atoms with Crippen LogP contribution in [0, 0.1) is 12.8 Å². The summed E-state index contributed by atoms with van der Waals surface area (Å²) < 4.78 is 41.9. The predicted octanol–water partition coefficient (Wildman–Crippen LogP) is 4.86. The van der Waals surface area contributed by atoms with Gasteiger partial charge in [-0.25, -0.2) is 0 Å². The van der Waals surface area contributed by atoms with Crippen LogP contribution in [-0.2, 0) is 9.59 Å². The van der Waals surface area contributed by atoms with Crippen molar-refractivity contribution in [2.75, 3.05) is 4.90 Å². The third-order valence-corrected chi connectivity index (χ3v) is 6.28. The highest BCUT2D eigenvalue weighted by Gasteiger charge is 2.53. The number of alkyl halides is 3. The molecule has 2 heterocycles. The highest BCUT2D eigenvalue weighted by molar-refractivity contribution is 6.49. The lowest BCUT2D eigenvalue weighted by Gasteiger charge is -2.27. The van der Waals surface area contributed by atoms with Gasteiger partial charge in [0.05, 0.1) is 6.04 Å². The summed E-state index contributed by atoms with van der Waals surface area (Å²) in [5.74, 6) is -4.54. The molecule has 1 N–H and O–H groups in total. The zero-order chi connectivity index (χ0) is 27.1. The Kier molecular flexibility index (Phi) is 6.77. The predicted molar refractivity (Wildman–Crippen MR) is 129 cm³/mol. The zero-order valence-electron chi connectivity index (χ0n) is 20.1. The minimum absolute atomic E-state index is 0.119. The van der Waals surface area contributed by atoms with Crippen molar-refractivity contribution in [2.45, 2.75) is 39.1 Å². The van der Waals surface area contributed by atoms with Gasteiger partial charge in [-0.15, -0.1) is 13.2 Å². The van der Waals surface area contributed by atoms with E-state index in [0.29, 0.717) is 5.56 Å². The number of aryl methyl sites for hydroxylation is 1. The van der Waals surface area contributed by atoms with Crippen LogP contribution in [0.2, 0.25) is 0 Å². The number of hydrogen-bond acceptors (Lipinski definition) is 5. The maximum atomic E-state index is 13.6. The number of carbonyl (C=O) groups excluding carboxylic acids is 3. The number of ether oxygens (including phenoxy) is 1. The number of aromatic nitrogens is 1. The molecule has 7 nitrogen and oxygen atoms in total. The summed E-state index contributed by atoms with van der Waals surface area (Å²) in [5, 5.41) is 0. The number of pyridine rings is 1. The van der Waals surface area contributed by atoms with E-state index in [1.165, 1.54) is 24.4 Å². The number of carbonyl (C=O) groups is 3. The molecule has 0 spiro atoms. The lowest BCUT2D eigenvalue weighted by molar-refractivity contribution is -0.274. The highest BCUT2D eigenvalue weighted by atomic mass is 19.4. The molecule has 1 fully saturated rings. The normalized spacial score (nSPS) is 18.0. The smallest absolute Gasteiger partial charge is 0.406 e. The van der Waals surface area contributed by atoms with Crippen molar-refractivity contribution < 1.29 is 32.3 Å². The van der Waals surface area contributed by atoms with Gasteiger partial charge in [-0.05, 0) is 47.7 Å². The molecule has 10 heteroatoms. The molecule has 2 atom stereocenters. The standard InChI is InChI=1S/C27H23F3N2O5/c1-14(2)16-4-6-18(7-5-16)23(33)20-22(17-8-10-19(11-9-17)37-27(28,29)30)32(26(36)24(20)34)21-15(3)12-13-31-25(21)35/h4-14,20,22H,1-3H3,(H,31,35). The number of amides is 1. The number of halogens is 3. The van der Waals surface area contributed by atoms with Crippen molar-refractivity contribution in [3.63, 3.8) is 0 Å². The summed E-state index contributed by atoms with van der Waals surface area (Å²) in [7, 11) is 0. The van der Waals surface area contributed by atoms with E-state index in [2.05, 4.69) is 9.72 Å². The summed E-state index contributed by atoms with van der Waals surface area (Å²) in [4.78, 5) is 56.2. The molecule has 37 heavy (non-hydrogen) atoms. The number of aromatic amines is 1. The summed E-state index contributed by atoms with van der Waals surface area (Å²) in [6, 6.07) is 11.4. The molecule has 1 aromatic heterocycles. The van der Waals surface area contributed by atoms with Gasteiger partial charge in [0.25, 0.3) is 11.5 Å². The van der Waals surface area contributed by atoms with Gasteiger partial charge >= 0.3 is 6.36 Å². The number of nitrogens with zero attached hydrogens (tertiary/aromatic N) is 1. The van der Waals surface area contributed by atoms with E-state index in [4.69, 9.17) is 0 Å². The molecule has 0 bridgehead atoms. The molecule has 4 rings (SSSR count). The van der Waals surface area contributed by atoms with E-state index in [1.807, 2.05) is 13.8 Å². The van der Waals surface area contributed by atoms with Crippen molar-refractivity contribution in [2.24, 2.45) is 5.92 Å². The van der Waals surface area contributed by atoms with Crippen LogP contribution in [0.25, 0.3) is 0 Å². The van der Waals surface area contributed by atoms with Crippen LogP contribution in [0.1, 0.15) is 52.9 Å². The second kappa shape index (κ2) is 9.68. The van der Waals surface area contributed by atoms with Gasteiger partial charge in [-0.2, -0.15) is 0 Å². The Morgan fingerprint density at radius 1 is 0.973 bits per heavy atom. The second-order valence-corrected chi connectivity index (χ2v) is 9.06. The van der Waals surface area contributed by atoms with E-state index in [-0.39, 0.29) is 22.7 Å². The van der Waals surface area contributed by atoms with E-state index < -0.39 is 47.1 Å². The van der Waals surface area contributed by atoms with Gasteiger partial charge in [0, 0.05) is 11.8 Å². The quantitative estimate of drug-likeness (QED) is 0.289. The summed E-state index contributed by atoms with van der Waals surface area (Å²) in [5.41, 5.74) is 0.952. The number of anilines is 1. The maximum absolute atomic E-state index is 13.6. The van der Waals surface area contributed by atoms with Crippen LogP contribution in [0.4, 0.5) is 18.9 Å². The molecule has 0 aliphatic carbocycles. The average molecular weight is 512 g/mol. The molecule has 0 saturated carbocycles. The van der Waals surface area contributed by atoms with Gasteiger partial charge in [-0.1, -0.05) is 50.2 Å². The number of H-pyrrole nitrogens is 1. The van der Waals surface area contributed by atoms with E-state index in [1.54, 1.807) is 31.2 Å². The molecule has 2 aromatic carbocycles. The third kappa shape index (κ3) is 5.04. The average Bonchev–Trinajstić information content (AvgIpc) is 3.08. The molecular formula is C27H23F3N2O5. The third-order valence-electron chi connectivity index (χ3n) is 6.28. The molecular weight excluding hydrogens is 489 g/mol. The Morgan fingerprint density at radius 2 is 1.59 bits per heavy atom. The second-order valence-electron chi connectivity index (χ2n) is 9.06. The number of hydrogen-bond donors (Lipinski definition) is 1.